The average molecular weight is 483 g/mol. The number of hydrogen-bond acceptors (Lipinski definition) is 5. The highest BCUT2D eigenvalue weighted by molar-refractivity contribution is 7.98. The van der Waals surface area contributed by atoms with E-state index in [-0.39, 0.29) is 22.3 Å². The number of sulfonamides is 1. The van der Waals surface area contributed by atoms with Gasteiger partial charge in [0.2, 0.25) is 10.0 Å². The van der Waals surface area contributed by atoms with E-state index < -0.39 is 10.0 Å². The lowest BCUT2D eigenvalue weighted by Gasteiger charge is -2.42. The van der Waals surface area contributed by atoms with E-state index >= 15 is 0 Å². The van der Waals surface area contributed by atoms with Crippen molar-refractivity contribution in [2.45, 2.75) is 28.7 Å². The van der Waals surface area contributed by atoms with E-state index in [2.05, 4.69) is 24.3 Å². The number of aromatic nitrogens is 1. The van der Waals surface area contributed by atoms with Crippen molar-refractivity contribution in [1.82, 2.24) is 8.87 Å². The molecule has 172 valence electrons. The van der Waals surface area contributed by atoms with Crippen LogP contribution in [0.3, 0.4) is 0 Å². The third-order valence-electron chi connectivity index (χ3n) is 6.65. The number of nitrogens with zero attached hydrogens (tertiary/aromatic N) is 2. The van der Waals surface area contributed by atoms with Gasteiger partial charge in [-0.15, -0.1) is 11.8 Å². The molecule has 2 aliphatic heterocycles. The summed E-state index contributed by atoms with van der Waals surface area (Å²) in [6, 6.07) is 18.4. The van der Waals surface area contributed by atoms with Crippen molar-refractivity contribution >= 4 is 21.8 Å². The van der Waals surface area contributed by atoms with E-state index in [1.165, 1.54) is 4.90 Å². The van der Waals surface area contributed by atoms with Crippen molar-refractivity contribution in [2.24, 2.45) is 5.92 Å². The maximum Gasteiger partial charge on any atom is 0.250 e. The lowest BCUT2D eigenvalue weighted by atomic mass is 9.81. The fourth-order valence-corrected chi connectivity index (χ4v) is 7.05. The van der Waals surface area contributed by atoms with E-state index in [1.807, 2.05) is 16.9 Å². The molecule has 0 unspecified atom stereocenters. The van der Waals surface area contributed by atoms with Crippen LogP contribution < -0.4 is 10.3 Å². The molecule has 1 saturated heterocycles. The van der Waals surface area contributed by atoms with Crippen molar-refractivity contribution in [3.05, 3.63) is 76.7 Å². The van der Waals surface area contributed by atoms with Crippen LogP contribution in [0.1, 0.15) is 18.0 Å². The number of benzene rings is 2. The molecule has 1 aromatic heterocycles. The summed E-state index contributed by atoms with van der Waals surface area (Å²) in [7, 11) is -2.08. The number of methoxy groups -OCH3 is 1. The molecule has 3 aromatic rings. The first-order valence-electron chi connectivity index (χ1n) is 10.9. The van der Waals surface area contributed by atoms with Crippen LogP contribution in [0.4, 0.5) is 0 Å². The molecule has 33 heavy (non-hydrogen) atoms. The molecule has 0 radical (unpaired) electrons. The largest absolute Gasteiger partial charge is 0.497 e. The molecule has 0 N–H and O–H groups in total. The van der Waals surface area contributed by atoms with Crippen LogP contribution in [0.2, 0.25) is 0 Å². The number of piperidine rings is 1. The monoisotopic (exact) mass is 482 g/mol. The second-order valence-electron chi connectivity index (χ2n) is 8.61. The summed E-state index contributed by atoms with van der Waals surface area (Å²) in [6.07, 6.45) is 2.92. The molecular formula is C25H26N2O4S2. The van der Waals surface area contributed by atoms with Gasteiger partial charge < -0.3 is 9.30 Å². The number of rotatable bonds is 5. The normalized spacial score (nSPS) is 20.3. The van der Waals surface area contributed by atoms with E-state index in [1.54, 1.807) is 53.5 Å². The molecule has 2 bridgehead atoms. The van der Waals surface area contributed by atoms with Gasteiger partial charge in [0.15, 0.2) is 0 Å². The first kappa shape index (κ1) is 22.3. The van der Waals surface area contributed by atoms with Crippen molar-refractivity contribution in [2.75, 3.05) is 26.5 Å². The maximum atomic E-state index is 13.4. The zero-order chi connectivity index (χ0) is 23.2. The Morgan fingerprint density at radius 3 is 2.33 bits per heavy atom. The first-order valence-corrected chi connectivity index (χ1v) is 13.6. The van der Waals surface area contributed by atoms with E-state index in [0.29, 0.717) is 25.4 Å². The van der Waals surface area contributed by atoms with Crippen molar-refractivity contribution < 1.29 is 13.2 Å². The first-order chi connectivity index (χ1) is 15.9. The molecule has 6 nitrogen and oxygen atoms in total. The molecule has 2 aliphatic rings. The summed E-state index contributed by atoms with van der Waals surface area (Å²) in [5, 5.41) is 0. The Morgan fingerprint density at radius 2 is 1.67 bits per heavy atom. The fourth-order valence-electron chi connectivity index (χ4n) is 5.08. The van der Waals surface area contributed by atoms with Crippen LogP contribution >= 0.6 is 11.8 Å². The smallest absolute Gasteiger partial charge is 0.250 e. The third kappa shape index (κ3) is 4.00. The molecule has 0 spiro atoms. The summed E-state index contributed by atoms with van der Waals surface area (Å²) >= 11 is 1.69. The van der Waals surface area contributed by atoms with Crippen LogP contribution in [0.5, 0.6) is 5.75 Å². The summed E-state index contributed by atoms with van der Waals surface area (Å²) in [4.78, 5) is 14.2. The van der Waals surface area contributed by atoms with Gasteiger partial charge in [0.05, 0.1) is 12.0 Å². The molecule has 8 heteroatoms. The van der Waals surface area contributed by atoms with Gasteiger partial charge in [0.25, 0.3) is 5.56 Å². The molecule has 0 aliphatic carbocycles. The summed E-state index contributed by atoms with van der Waals surface area (Å²) in [5.41, 5.74) is 2.99. The molecule has 0 amide bonds. The highest BCUT2D eigenvalue weighted by Gasteiger charge is 2.40. The van der Waals surface area contributed by atoms with Gasteiger partial charge in [-0.3, -0.25) is 4.79 Å². The highest BCUT2D eigenvalue weighted by atomic mass is 32.2. The van der Waals surface area contributed by atoms with Gasteiger partial charge in [-0.1, -0.05) is 12.1 Å². The highest BCUT2D eigenvalue weighted by Crippen LogP contribution is 2.41. The van der Waals surface area contributed by atoms with Crippen LogP contribution in [-0.2, 0) is 16.6 Å². The van der Waals surface area contributed by atoms with Gasteiger partial charge in [-0.25, -0.2) is 8.42 Å². The maximum absolute atomic E-state index is 13.4. The Balaban J connectivity index is 1.53. The van der Waals surface area contributed by atoms with Gasteiger partial charge in [-0.05, 0) is 66.6 Å². The van der Waals surface area contributed by atoms with Crippen molar-refractivity contribution in [3.63, 3.8) is 0 Å². The summed E-state index contributed by atoms with van der Waals surface area (Å²) in [5.74, 6) is 0.695. The molecule has 2 aromatic carbocycles. The van der Waals surface area contributed by atoms with Crippen LogP contribution in [0.15, 0.2) is 75.2 Å². The molecular weight excluding hydrogens is 456 g/mol. The van der Waals surface area contributed by atoms with Gasteiger partial charge >= 0.3 is 0 Å². The minimum Gasteiger partial charge on any atom is -0.497 e. The Hall–Kier alpha value is -2.55. The minimum absolute atomic E-state index is 0.0179. The summed E-state index contributed by atoms with van der Waals surface area (Å²) in [6.45, 7) is 1.32. The molecule has 3 heterocycles. The third-order valence-corrected chi connectivity index (χ3v) is 9.24. The molecule has 1 fully saturated rings. The van der Waals surface area contributed by atoms with Gasteiger partial charge in [0.1, 0.15) is 5.75 Å². The Labute approximate surface area is 198 Å². The lowest BCUT2D eigenvalue weighted by molar-refractivity contribution is 0.187. The van der Waals surface area contributed by atoms with Crippen LogP contribution in [-0.4, -0.2) is 43.7 Å². The number of ether oxygens (including phenoxy) is 1. The standard InChI is InChI=1S/C25H26N2O4S2/c1-31-20-5-9-22(10-6-20)33(29,30)26-14-17-13-19(16-26)25-23(11-12-24(28)27(25)15-17)18-3-7-21(32-2)8-4-18/h3-12,17,19H,13-16H2,1-2H3/t17-,19+/m0/s1. The van der Waals surface area contributed by atoms with E-state index in [9.17, 15) is 13.2 Å². The zero-order valence-electron chi connectivity index (χ0n) is 18.6. The van der Waals surface area contributed by atoms with Gasteiger partial charge in [-0.2, -0.15) is 4.31 Å². The fraction of sp³-hybridized carbons (Fsp3) is 0.320. The van der Waals surface area contributed by atoms with E-state index in [0.717, 1.165) is 23.2 Å². The van der Waals surface area contributed by atoms with Crippen LogP contribution in [0.25, 0.3) is 11.1 Å². The number of pyridine rings is 1. The topological polar surface area (TPSA) is 68.6 Å². The molecule has 5 rings (SSSR count). The number of thioether (sulfide) groups is 1. The molecule has 2 atom stereocenters. The lowest BCUT2D eigenvalue weighted by Crippen LogP contribution is -2.49. The second kappa shape index (κ2) is 8.66. The molecule has 0 saturated carbocycles. The van der Waals surface area contributed by atoms with Crippen molar-refractivity contribution in [3.8, 4) is 16.9 Å². The second-order valence-corrected chi connectivity index (χ2v) is 11.4. The van der Waals surface area contributed by atoms with Crippen LogP contribution in [0, 0.1) is 5.92 Å². The average Bonchev–Trinajstić information content (AvgIpc) is 2.84. The van der Waals surface area contributed by atoms with Gasteiger partial charge in [0, 0.05) is 47.8 Å². The number of fused-ring (bicyclic) bond motifs is 4. The Kier molecular flexibility index (Phi) is 5.84. The SMILES string of the molecule is COc1ccc(S(=O)(=O)N2C[C@@H]3C[C@H](C2)c2c(-c4ccc(SC)cc4)ccc(=O)n2C3)cc1. The minimum atomic E-state index is -3.64. The predicted octanol–water partition coefficient (Wildman–Crippen LogP) is 4.05. The van der Waals surface area contributed by atoms with E-state index in [4.69, 9.17) is 4.74 Å². The summed E-state index contributed by atoms with van der Waals surface area (Å²) < 4.78 is 35.5. The quantitative estimate of drug-likeness (QED) is 0.513. The van der Waals surface area contributed by atoms with Crippen molar-refractivity contribution in [1.29, 1.82) is 0 Å². The predicted molar refractivity (Wildman–Crippen MR) is 131 cm³/mol. The Morgan fingerprint density at radius 1 is 0.939 bits per heavy atom. The Bertz CT molecular complexity index is 1330. The number of hydrogen-bond donors (Lipinski definition) is 0. The zero-order valence-corrected chi connectivity index (χ0v) is 20.2.